The molecular weight excluding hydrogens is 601 g/mol. The van der Waals surface area contributed by atoms with Gasteiger partial charge in [0.2, 0.25) is 5.91 Å². The number of methoxy groups -OCH3 is 1. The zero-order valence-electron chi connectivity index (χ0n) is 27.1. The fourth-order valence-electron chi connectivity index (χ4n) is 5.18. The predicted molar refractivity (Wildman–Crippen MR) is 182 cm³/mol. The Morgan fingerprint density at radius 3 is 2.68 bits per heavy atom. The zero-order chi connectivity index (χ0) is 33.3. The minimum absolute atomic E-state index is 0.122. The first-order valence-corrected chi connectivity index (χ1v) is 15.2. The van der Waals surface area contributed by atoms with E-state index >= 15 is 0 Å². The highest BCUT2D eigenvalue weighted by molar-refractivity contribution is 6.02. The lowest BCUT2D eigenvalue weighted by molar-refractivity contribution is -0.111. The summed E-state index contributed by atoms with van der Waals surface area (Å²) in [6.45, 7) is 5.91. The van der Waals surface area contributed by atoms with E-state index in [0.717, 1.165) is 36.3 Å². The summed E-state index contributed by atoms with van der Waals surface area (Å²) in [7, 11) is 7.58. The highest BCUT2D eigenvalue weighted by Gasteiger charge is 2.29. The van der Waals surface area contributed by atoms with Crippen LogP contribution in [-0.4, -0.2) is 68.7 Å². The molecule has 2 N–H and O–H groups in total. The van der Waals surface area contributed by atoms with Crippen LogP contribution in [0, 0.1) is 5.82 Å². The van der Waals surface area contributed by atoms with Crippen molar-refractivity contribution in [1.29, 1.82) is 0 Å². The van der Waals surface area contributed by atoms with Gasteiger partial charge in [-0.1, -0.05) is 30.8 Å². The van der Waals surface area contributed by atoms with E-state index in [1.165, 1.54) is 24.5 Å². The average molecular weight is 642 g/mol. The summed E-state index contributed by atoms with van der Waals surface area (Å²) >= 11 is 0. The van der Waals surface area contributed by atoms with Crippen molar-refractivity contribution in [2.75, 3.05) is 68.5 Å². The topological polar surface area (TPSA) is 104 Å². The van der Waals surface area contributed by atoms with Gasteiger partial charge in [-0.15, -0.1) is 0 Å². The van der Waals surface area contributed by atoms with E-state index < -0.39 is 0 Å². The van der Waals surface area contributed by atoms with Crippen LogP contribution in [0.25, 0.3) is 0 Å². The van der Waals surface area contributed by atoms with Crippen LogP contribution in [0.2, 0.25) is 0 Å². The van der Waals surface area contributed by atoms with Crippen LogP contribution in [0.1, 0.15) is 23.6 Å². The number of hydroxylamine groups is 1. The largest absolute Gasteiger partial charge is 0.494 e. The van der Waals surface area contributed by atoms with E-state index in [-0.39, 0.29) is 24.4 Å². The number of nitrogens with zero attached hydrogens (tertiary/aromatic N) is 5. The number of aromatic nitrogens is 2. The zero-order valence-corrected chi connectivity index (χ0v) is 27.1. The Bertz CT molecular complexity index is 1700. The highest BCUT2D eigenvalue weighted by Crippen LogP contribution is 2.39. The van der Waals surface area contributed by atoms with Crippen molar-refractivity contribution < 1.29 is 23.5 Å². The molecule has 1 aromatic heterocycles. The molecule has 11 nitrogen and oxygen atoms in total. The lowest BCUT2D eigenvalue weighted by Gasteiger charge is -2.26. The SMILES string of the molecule is C=CC(=O)Nc1cc(Nc2cc(N3OCC[C@@H]3c3cccc(OCc4cccc(F)c4)c3)ncn2)c(OC)cc1N(C)CCN(C)C. The van der Waals surface area contributed by atoms with E-state index in [2.05, 4.69) is 37.0 Å². The van der Waals surface area contributed by atoms with Crippen LogP contribution >= 0.6 is 0 Å². The van der Waals surface area contributed by atoms with Gasteiger partial charge in [-0.05, 0) is 61.6 Å². The Kier molecular flexibility index (Phi) is 10.9. The van der Waals surface area contributed by atoms with Gasteiger partial charge in [-0.2, -0.15) is 0 Å². The van der Waals surface area contributed by atoms with Gasteiger partial charge in [-0.25, -0.2) is 19.4 Å². The number of halogens is 1. The van der Waals surface area contributed by atoms with Gasteiger partial charge >= 0.3 is 0 Å². The number of benzene rings is 3. The summed E-state index contributed by atoms with van der Waals surface area (Å²) in [4.78, 5) is 31.5. The molecule has 47 heavy (non-hydrogen) atoms. The molecule has 1 fully saturated rings. The smallest absolute Gasteiger partial charge is 0.247 e. The molecule has 0 aliphatic carbocycles. The Labute approximate surface area is 274 Å². The van der Waals surface area contributed by atoms with Crippen LogP contribution in [-0.2, 0) is 16.2 Å². The van der Waals surface area contributed by atoms with Crippen molar-refractivity contribution in [3.63, 3.8) is 0 Å². The fourth-order valence-corrected chi connectivity index (χ4v) is 5.18. The molecule has 0 unspecified atom stereocenters. The second kappa shape index (κ2) is 15.4. The number of hydrogen-bond acceptors (Lipinski definition) is 10. The number of rotatable bonds is 14. The van der Waals surface area contributed by atoms with Crippen molar-refractivity contribution in [3.05, 3.63) is 103 Å². The molecular formula is C35H40FN7O4. The minimum Gasteiger partial charge on any atom is -0.494 e. The van der Waals surface area contributed by atoms with Crippen molar-refractivity contribution in [3.8, 4) is 11.5 Å². The third-order valence-electron chi connectivity index (χ3n) is 7.64. The second-order valence-electron chi connectivity index (χ2n) is 11.3. The van der Waals surface area contributed by atoms with Gasteiger partial charge in [0.05, 0.1) is 36.8 Å². The molecule has 1 aliphatic heterocycles. The number of likely N-dealkylation sites (N-methyl/N-ethyl adjacent to an activating group) is 2. The van der Waals surface area contributed by atoms with Gasteiger partial charge in [0.15, 0.2) is 5.82 Å². The molecule has 1 atom stereocenters. The number of nitrogens with one attached hydrogen (secondary N) is 2. The first-order chi connectivity index (χ1) is 22.7. The maximum atomic E-state index is 13.6. The van der Waals surface area contributed by atoms with Gasteiger partial charge in [-0.3, -0.25) is 9.63 Å². The number of anilines is 5. The van der Waals surface area contributed by atoms with Crippen LogP contribution < -0.4 is 30.1 Å². The highest BCUT2D eigenvalue weighted by atomic mass is 19.1. The van der Waals surface area contributed by atoms with Gasteiger partial charge < -0.3 is 29.9 Å². The van der Waals surface area contributed by atoms with Crippen molar-refractivity contribution in [1.82, 2.24) is 14.9 Å². The third kappa shape index (κ3) is 8.54. The third-order valence-corrected chi connectivity index (χ3v) is 7.64. The van der Waals surface area contributed by atoms with E-state index in [4.69, 9.17) is 14.3 Å². The predicted octanol–water partition coefficient (Wildman–Crippen LogP) is 5.95. The second-order valence-corrected chi connectivity index (χ2v) is 11.3. The molecule has 0 saturated carbocycles. The molecule has 1 saturated heterocycles. The maximum Gasteiger partial charge on any atom is 0.247 e. The van der Waals surface area contributed by atoms with Gasteiger partial charge in [0.25, 0.3) is 0 Å². The lowest BCUT2D eigenvalue weighted by atomic mass is 10.0. The normalized spacial score (nSPS) is 14.2. The molecule has 12 heteroatoms. The van der Waals surface area contributed by atoms with Crippen LogP contribution in [0.15, 0.2) is 85.7 Å². The van der Waals surface area contributed by atoms with Crippen LogP contribution in [0.5, 0.6) is 11.5 Å². The molecule has 0 radical (unpaired) electrons. The minimum atomic E-state index is -0.326. The fraction of sp³-hybridized carbons (Fsp3) is 0.286. The molecule has 246 valence electrons. The van der Waals surface area contributed by atoms with E-state index in [0.29, 0.717) is 41.1 Å². The Morgan fingerprint density at radius 1 is 1.09 bits per heavy atom. The Hall–Kier alpha value is -5.20. The molecule has 0 spiro atoms. The average Bonchev–Trinajstić information content (AvgIpc) is 3.57. The summed E-state index contributed by atoms with van der Waals surface area (Å²) in [5.74, 6) is 1.69. The monoisotopic (exact) mass is 641 g/mol. The molecule has 2 heterocycles. The number of amides is 1. The molecule has 1 aliphatic rings. The van der Waals surface area contributed by atoms with Crippen LogP contribution in [0.4, 0.5) is 33.1 Å². The molecule has 3 aromatic carbocycles. The molecule has 4 aromatic rings. The number of hydrogen-bond donors (Lipinski definition) is 2. The van der Waals surface area contributed by atoms with Crippen molar-refractivity contribution in [2.45, 2.75) is 19.1 Å². The maximum absolute atomic E-state index is 13.6. The Morgan fingerprint density at radius 2 is 1.91 bits per heavy atom. The summed E-state index contributed by atoms with van der Waals surface area (Å²) in [5.41, 5.74) is 3.73. The van der Waals surface area contributed by atoms with Crippen molar-refractivity contribution in [2.24, 2.45) is 0 Å². The summed E-state index contributed by atoms with van der Waals surface area (Å²) in [6, 6.07) is 19.5. The van der Waals surface area contributed by atoms with E-state index in [9.17, 15) is 9.18 Å². The summed E-state index contributed by atoms with van der Waals surface area (Å²) < 4.78 is 25.3. The standard InChI is InChI=1S/C35H40FN7O4/c1-6-35(44)40-28-19-29(32(45-5)20-31(28)42(4)15-14-41(2)3)39-33-21-34(38-23-37-33)43-30(13-16-47-43)25-10-8-12-27(18-25)46-22-24-9-7-11-26(36)17-24/h6-12,17-21,23,30H,1,13-16,22H2,2-5H3,(H,40,44)(H,37,38,39)/t30-/m1/s1. The number of ether oxygens (including phenoxy) is 2. The van der Waals surface area contributed by atoms with Gasteiger partial charge in [0.1, 0.15) is 36.1 Å². The molecule has 1 amide bonds. The molecule has 0 bridgehead atoms. The lowest BCUT2D eigenvalue weighted by Crippen LogP contribution is -2.29. The quantitative estimate of drug-likeness (QED) is 0.161. The first kappa shape index (κ1) is 33.2. The van der Waals surface area contributed by atoms with Crippen LogP contribution in [0.3, 0.4) is 0 Å². The van der Waals surface area contributed by atoms with E-state index in [1.807, 2.05) is 63.6 Å². The summed E-state index contributed by atoms with van der Waals surface area (Å²) in [5, 5.41) is 8.01. The number of carbonyl (C=O) groups is 1. The number of carbonyl (C=O) groups excluding carboxylic acids is 1. The first-order valence-electron chi connectivity index (χ1n) is 15.2. The Balaban J connectivity index is 1.36. The molecule has 5 rings (SSSR count). The summed E-state index contributed by atoms with van der Waals surface area (Å²) in [6.07, 6.45) is 3.44. The van der Waals surface area contributed by atoms with Gasteiger partial charge in [0, 0.05) is 38.7 Å². The van der Waals surface area contributed by atoms with Crippen molar-refractivity contribution >= 4 is 34.6 Å². The van der Waals surface area contributed by atoms with E-state index in [1.54, 1.807) is 24.3 Å².